The van der Waals surface area contributed by atoms with Crippen molar-refractivity contribution in [1.82, 2.24) is 10.2 Å². The van der Waals surface area contributed by atoms with Gasteiger partial charge in [0.25, 0.3) is 0 Å². The number of carbonyl (C=O) groups is 2. The zero-order valence-electron chi connectivity index (χ0n) is 11.7. The fourth-order valence-electron chi connectivity index (χ4n) is 3.68. The maximum absolute atomic E-state index is 12.8. The van der Waals surface area contributed by atoms with Gasteiger partial charge >= 0.3 is 0 Å². The van der Waals surface area contributed by atoms with Crippen LogP contribution in [0.15, 0.2) is 0 Å². The van der Waals surface area contributed by atoms with Gasteiger partial charge in [0.05, 0.1) is 0 Å². The number of hydrogen-bond donors (Lipinski definition) is 1. The van der Waals surface area contributed by atoms with Crippen LogP contribution in [-0.2, 0) is 9.59 Å². The molecule has 0 bridgehead atoms. The number of nitrogens with zero attached hydrogens (tertiary/aromatic N) is 1. The second-order valence-corrected chi connectivity index (χ2v) is 5.53. The van der Waals surface area contributed by atoms with Gasteiger partial charge in [-0.3, -0.25) is 9.59 Å². The van der Waals surface area contributed by atoms with Crippen molar-refractivity contribution in [2.24, 2.45) is 0 Å². The summed E-state index contributed by atoms with van der Waals surface area (Å²) in [5.41, 5.74) is -1.21. The standard InChI is InChI=1S/C14H24N2O2/c1-4-14(5-2)11(17)15-13(9-7-8-10-13)12(18)16(14)6-3/h4-10H2,1-3H3,(H,15,17). The lowest BCUT2D eigenvalue weighted by atomic mass is 9.81. The van der Waals surface area contributed by atoms with Gasteiger partial charge in [0.1, 0.15) is 11.1 Å². The molecule has 0 aromatic rings. The third kappa shape index (κ3) is 1.57. The Labute approximate surface area is 109 Å². The zero-order chi connectivity index (χ0) is 13.4. The van der Waals surface area contributed by atoms with Crippen LogP contribution >= 0.6 is 0 Å². The second kappa shape index (κ2) is 4.56. The highest BCUT2D eigenvalue weighted by Gasteiger charge is 2.57. The SMILES string of the molecule is CCN1C(=O)C2(CCCC2)NC(=O)C1(CC)CC. The molecule has 2 fully saturated rings. The summed E-state index contributed by atoms with van der Waals surface area (Å²) in [5.74, 6) is 0.196. The molecule has 0 radical (unpaired) electrons. The number of rotatable bonds is 3. The van der Waals surface area contributed by atoms with Crippen LogP contribution in [0.1, 0.15) is 59.3 Å². The summed E-state index contributed by atoms with van der Waals surface area (Å²) < 4.78 is 0. The van der Waals surface area contributed by atoms with E-state index in [2.05, 4.69) is 5.32 Å². The minimum Gasteiger partial charge on any atom is -0.340 e. The van der Waals surface area contributed by atoms with E-state index >= 15 is 0 Å². The first-order valence-electron chi connectivity index (χ1n) is 7.21. The average Bonchev–Trinajstić information content (AvgIpc) is 2.83. The zero-order valence-corrected chi connectivity index (χ0v) is 11.7. The molecule has 18 heavy (non-hydrogen) atoms. The second-order valence-electron chi connectivity index (χ2n) is 5.53. The first kappa shape index (κ1) is 13.4. The summed E-state index contributed by atoms with van der Waals surface area (Å²) in [4.78, 5) is 27.2. The van der Waals surface area contributed by atoms with Gasteiger partial charge in [-0.25, -0.2) is 0 Å². The predicted molar refractivity (Wildman–Crippen MR) is 70.0 cm³/mol. The van der Waals surface area contributed by atoms with Crippen molar-refractivity contribution in [1.29, 1.82) is 0 Å². The van der Waals surface area contributed by atoms with Crippen LogP contribution in [0, 0.1) is 0 Å². The molecule has 102 valence electrons. The lowest BCUT2D eigenvalue weighted by Gasteiger charge is -2.51. The van der Waals surface area contributed by atoms with Gasteiger partial charge in [-0.1, -0.05) is 26.7 Å². The number of likely N-dealkylation sites (N-methyl/N-ethyl adjacent to an activating group) is 1. The van der Waals surface area contributed by atoms with Crippen LogP contribution in [0.5, 0.6) is 0 Å². The largest absolute Gasteiger partial charge is 0.340 e. The number of carbonyl (C=O) groups excluding carboxylic acids is 2. The first-order valence-corrected chi connectivity index (χ1v) is 7.21. The third-order valence-electron chi connectivity index (χ3n) is 4.89. The quantitative estimate of drug-likeness (QED) is 0.833. The number of piperazine rings is 1. The molecule has 2 aliphatic rings. The Hall–Kier alpha value is -1.06. The van der Waals surface area contributed by atoms with Gasteiger partial charge < -0.3 is 10.2 Å². The molecule has 0 aromatic carbocycles. The molecule has 1 N–H and O–H groups in total. The topological polar surface area (TPSA) is 49.4 Å². The van der Waals surface area contributed by atoms with Crippen LogP contribution in [0.25, 0.3) is 0 Å². The number of hydrogen-bond acceptors (Lipinski definition) is 2. The number of amides is 2. The monoisotopic (exact) mass is 252 g/mol. The first-order chi connectivity index (χ1) is 8.56. The van der Waals surface area contributed by atoms with E-state index in [0.717, 1.165) is 25.7 Å². The van der Waals surface area contributed by atoms with Gasteiger partial charge in [-0.05, 0) is 32.6 Å². The van der Waals surface area contributed by atoms with E-state index in [-0.39, 0.29) is 11.8 Å². The van der Waals surface area contributed by atoms with Crippen molar-refractivity contribution in [3.05, 3.63) is 0 Å². The molecule has 1 saturated heterocycles. The van der Waals surface area contributed by atoms with Crippen molar-refractivity contribution in [3.8, 4) is 0 Å². The van der Waals surface area contributed by atoms with E-state index in [1.54, 1.807) is 0 Å². The van der Waals surface area contributed by atoms with E-state index in [0.29, 0.717) is 19.4 Å². The normalized spacial score (nSPS) is 25.6. The summed E-state index contributed by atoms with van der Waals surface area (Å²) in [7, 11) is 0. The molecular formula is C14H24N2O2. The van der Waals surface area contributed by atoms with E-state index in [1.807, 2.05) is 25.7 Å². The van der Waals surface area contributed by atoms with E-state index in [4.69, 9.17) is 0 Å². The van der Waals surface area contributed by atoms with Crippen LogP contribution in [0.3, 0.4) is 0 Å². The Morgan fingerprint density at radius 3 is 2.11 bits per heavy atom. The van der Waals surface area contributed by atoms with E-state index in [1.165, 1.54) is 0 Å². The summed E-state index contributed by atoms with van der Waals surface area (Å²) >= 11 is 0. The van der Waals surface area contributed by atoms with Gasteiger partial charge in [0.2, 0.25) is 11.8 Å². The predicted octanol–water partition coefficient (Wildman–Crippen LogP) is 1.84. The summed E-state index contributed by atoms with van der Waals surface area (Å²) in [6.07, 6.45) is 5.05. The Kier molecular flexibility index (Phi) is 3.39. The molecule has 1 heterocycles. The molecule has 4 heteroatoms. The Morgan fingerprint density at radius 2 is 1.67 bits per heavy atom. The van der Waals surface area contributed by atoms with Crippen molar-refractivity contribution in [3.63, 3.8) is 0 Å². The lowest BCUT2D eigenvalue weighted by Crippen LogP contribution is -2.74. The molecular weight excluding hydrogens is 228 g/mol. The van der Waals surface area contributed by atoms with Crippen LogP contribution in [0.4, 0.5) is 0 Å². The van der Waals surface area contributed by atoms with E-state index in [9.17, 15) is 9.59 Å². The van der Waals surface area contributed by atoms with Gasteiger partial charge in [-0.2, -0.15) is 0 Å². The van der Waals surface area contributed by atoms with E-state index < -0.39 is 11.1 Å². The van der Waals surface area contributed by atoms with Crippen LogP contribution in [-0.4, -0.2) is 34.3 Å². The van der Waals surface area contributed by atoms with Crippen LogP contribution in [0.2, 0.25) is 0 Å². The highest BCUT2D eigenvalue weighted by atomic mass is 16.2. The molecule has 4 nitrogen and oxygen atoms in total. The summed E-state index contributed by atoms with van der Waals surface area (Å²) in [6.45, 7) is 6.58. The number of nitrogens with one attached hydrogen (secondary N) is 1. The Balaban J connectivity index is 2.40. The van der Waals surface area contributed by atoms with Crippen LogP contribution < -0.4 is 5.32 Å². The molecule has 0 aromatic heterocycles. The highest BCUT2D eigenvalue weighted by molar-refractivity contribution is 6.02. The van der Waals surface area contributed by atoms with Crippen molar-refractivity contribution >= 4 is 11.8 Å². The maximum atomic E-state index is 12.8. The van der Waals surface area contributed by atoms with Gasteiger partial charge in [-0.15, -0.1) is 0 Å². The minimum absolute atomic E-state index is 0.0517. The smallest absolute Gasteiger partial charge is 0.249 e. The molecule has 0 unspecified atom stereocenters. The molecule has 1 aliphatic heterocycles. The minimum atomic E-state index is -0.625. The Morgan fingerprint density at radius 1 is 1.11 bits per heavy atom. The van der Waals surface area contributed by atoms with Crippen molar-refractivity contribution in [2.45, 2.75) is 70.4 Å². The molecule has 1 saturated carbocycles. The Bertz CT molecular complexity index is 355. The maximum Gasteiger partial charge on any atom is 0.249 e. The fraction of sp³-hybridized carbons (Fsp3) is 0.857. The van der Waals surface area contributed by atoms with Crippen molar-refractivity contribution < 1.29 is 9.59 Å². The summed E-state index contributed by atoms with van der Waals surface area (Å²) in [6, 6.07) is 0. The average molecular weight is 252 g/mol. The molecule has 2 amide bonds. The molecule has 0 atom stereocenters. The van der Waals surface area contributed by atoms with Gasteiger partial charge in [0, 0.05) is 6.54 Å². The summed E-state index contributed by atoms with van der Waals surface area (Å²) in [5, 5.41) is 3.07. The van der Waals surface area contributed by atoms with Gasteiger partial charge in [0.15, 0.2) is 0 Å². The molecule has 2 rings (SSSR count). The molecule has 1 aliphatic carbocycles. The molecule has 1 spiro atoms. The highest BCUT2D eigenvalue weighted by Crippen LogP contribution is 2.39. The van der Waals surface area contributed by atoms with Crippen molar-refractivity contribution in [2.75, 3.05) is 6.54 Å². The third-order valence-corrected chi connectivity index (χ3v) is 4.89. The fourth-order valence-corrected chi connectivity index (χ4v) is 3.68. The lowest BCUT2D eigenvalue weighted by molar-refractivity contribution is -0.163.